The molecular formula is C13H24N2O4. The van der Waals surface area contributed by atoms with Crippen LogP contribution in [0, 0.1) is 5.41 Å². The third-order valence-electron chi connectivity index (χ3n) is 2.80. The Morgan fingerprint density at radius 3 is 2.32 bits per heavy atom. The van der Waals surface area contributed by atoms with Gasteiger partial charge in [0.05, 0.1) is 5.41 Å². The van der Waals surface area contributed by atoms with Gasteiger partial charge >= 0.3 is 12.0 Å². The molecule has 1 atom stereocenters. The van der Waals surface area contributed by atoms with E-state index in [0.717, 1.165) is 19.3 Å². The van der Waals surface area contributed by atoms with Crippen molar-refractivity contribution in [1.82, 2.24) is 10.6 Å². The van der Waals surface area contributed by atoms with Gasteiger partial charge in [0.25, 0.3) is 0 Å². The Hall–Kier alpha value is -1.59. The molecule has 0 bridgehead atoms. The maximum absolute atomic E-state index is 11.5. The molecular weight excluding hydrogens is 248 g/mol. The van der Waals surface area contributed by atoms with E-state index in [1.54, 1.807) is 0 Å². The van der Waals surface area contributed by atoms with Crippen molar-refractivity contribution in [2.75, 3.05) is 0 Å². The molecule has 110 valence electrons. The van der Waals surface area contributed by atoms with Gasteiger partial charge in [-0.25, -0.2) is 4.79 Å². The van der Waals surface area contributed by atoms with Crippen LogP contribution in [0.15, 0.2) is 0 Å². The van der Waals surface area contributed by atoms with Crippen molar-refractivity contribution in [2.24, 2.45) is 5.41 Å². The van der Waals surface area contributed by atoms with Gasteiger partial charge in [-0.1, -0.05) is 19.8 Å². The summed E-state index contributed by atoms with van der Waals surface area (Å²) in [7, 11) is 0. The van der Waals surface area contributed by atoms with Gasteiger partial charge in [0.2, 0.25) is 5.91 Å². The first-order chi connectivity index (χ1) is 8.69. The second kappa shape index (κ2) is 7.76. The summed E-state index contributed by atoms with van der Waals surface area (Å²) in [6.07, 6.45) is 2.65. The molecule has 0 spiro atoms. The van der Waals surface area contributed by atoms with Crippen molar-refractivity contribution in [1.29, 1.82) is 0 Å². The smallest absolute Gasteiger partial charge is 0.321 e. The largest absolute Gasteiger partial charge is 0.481 e. The summed E-state index contributed by atoms with van der Waals surface area (Å²) in [5.41, 5.74) is -1.18. The average Bonchev–Trinajstić information content (AvgIpc) is 2.24. The topological polar surface area (TPSA) is 95.5 Å². The van der Waals surface area contributed by atoms with E-state index in [1.807, 2.05) is 6.92 Å². The highest BCUT2D eigenvalue weighted by Gasteiger charge is 2.30. The summed E-state index contributed by atoms with van der Waals surface area (Å²) < 4.78 is 0. The number of hydrogen-bond acceptors (Lipinski definition) is 3. The molecule has 0 aliphatic carbocycles. The number of imide groups is 1. The van der Waals surface area contributed by atoms with Gasteiger partial charge in [0.1, 0.15) is 0 Å². The van der Waals surface area contributed by atoms with E-state index in [9.17, 15) is 14.4 Å². The highest BCUT2D eigenvalue weighted by Crippen LogP contribution is 2.19. The number of hydrogen-bond donors (Lipinski definition) is 3. The third kappa shape index (κ3) is 7.43. The molecule has 3 N–H and O–H groups in total. The zero-order chi connectivity index (χ0) is 15.1. The number of carboxylic acids is 1. The monoisotopic (exact) mass is 272 g/mol. The standard InChI is InChI=1S/C13H24N2O4/c1-5-6-7-9(2)14-12(19)15-10(16)8-13(3,4)11(17)18/h9H,5-8H2,1-4H3,(H,17,18)(H2,14,15,16,19). The van der Waals surface area contributed by atoms with Crippen LogP contribution in [-0.4, -0.2) is 29.1 Å². The minimum atomic E-state index is -1.18. The summed E-state index contributed by atoms with van der Waals surface area (Å²) >= 11 is 0. The van der Waals surface area contributed by atoms with E-state index in [4.69, 9.17) is 5.11 Å². The van der Waals surface area contributed by atoms with Crippen molar-refractivity contribution >= 4 is 17.9 Å². The minimum absolute atomic E-state index is 0.0137. The Morgan fingerprint density at radius 1 is 1.26 bits per heavy atom. The molecule has 0 fully saturated rings. The predicted molar refractivity (Wildman–Crippen MR) is 71.7 cm³/mol. The zero-order valence-electron chi connectivity index (χ0n) is 12.1. The van der Waals surface area contributed by atoms with Crippen molar-refractivity contribution < 1.29 is 19.5 Å². The van der Waals surface area contributed by atoms with E-state index in [2.05, 4.69) is 17.6 Å². The van der Waals surface area contributed by atoms with Crippen LogP contribution in [-0.2, 0) is 9.59 Å². The zero-order valence-corrected chi connectivity index (χ0v) is 12.1. The van der Waals surface area contributed by atoms with Crippen LogP contribution in [0.25, 0.3) is 0 Å². The van der Waals surface area contributed by atoms with Crippen LogP contribution in [0.1, 0.15) is 53.4 Å². The van der Waals surface area contributed by atoms with Crippen molar-refractivity contribution in [3.8, 4) is 0 Å². The SMILES string of the molecule is CCCCC(C)NC(=O)NC(=O)CC(C)(C)C(=O)O. The molecule has 0 saturated heterocycles. The molecule has 3 amide bonds. The molecule has 1 unspecified atom stereocenters. The number of carboxylic acid groups (broad SMARTS) is 1. The third-order valence-corrected chi connectivity index (χ3v) is 2.80. The van der Waals surface area contributed by atoms with Crippen LogP contribution in [0.2, 0.25) is 0 Å². The Labute approximate surface area is 113 Å². The first-order valence-corrected chi connectivity index (χ1v) is 6.52. The quantitative estimate of drug-likeness (QED) is 0.659. The lowest BCUT2D eigenvalue weighted by molar-refractivity contribution is -0.149. The Morgan fingerprint density at radius 2 is 1.84 bits per heavy atom. The number of rotatable bonds is 7. The molecule has 19 heavy (non-hydrogen) atoms. The molecule has 6 nitrogen and oxygen atoms in total. The number of urea groups is 1. The molecule has 0 aliphatic rings. The van der Waals surface area contributed by atoms with Crippen LogP contribution in [0.4, 0.5) is 4.79 Å². The van der Waals surface area contributed by atoms with Gasteiger partial charge in [-0.2, -0.15) is 0 Å². The molecule has 0 saturated carbocycles. The second-order valence-electron chi connectivity index (χ2n) is 5.43. The van der Waals surface area contributed by atoms with Gasteiger partial charge in [-0.3, -0.25) is 14.9 Å². The Kier molecular flexibility index (Phi) is 7.11. The van der Waals surface area contributed by atoms with E-state index in [1.165, 1.54) is 13.8 Å². The van der Waals surface area contributed by atoms with Crippen LogP contribution in [0.3, 0.4) is 0 Å². The van der Waals surface area contributed by atoms with Gasteiger partial charge in [-0.05, 0) is 27.2 Å². The summed E-state index contributed by atoms with van der Waals surface area (Å²) in [4.78, 5) is 33.9. The van der Waals surface area contributed by atoms with Crippen LogP contribution < -0.4 is 10.6 Å². The molecule has 0 aromatic heterocycles. The lowest BCUT2D eigenvalue weighted by Crippen LogP contribution is -2.45. The lowest BCUT2D eigenvalue weighted by Gasteiger charge is -2.18. The number of nitrogens with one attached hydrogen (secondary N) is 2. The predicted octanol–water partition coefficient (Wildman–Crippen LogP) is 1.89. The van der Waals surface area contributed by atoms with Gasteiger partial charge < -0.3 is 10.4 Å². The number of aliphatic carboxylic acids is 1. The molecule has 6 heteroatoms. The minimum Gasteiger partial charge on any atom is -0.481 e. The van der Waals surface area contributed by atoms with E-state index in [0.29, 0.717) is 0 Å². The van der Waals surface area contributed by atoms with E-state index < -0.39 is 23.3 Å². The Bertz CT molecular complexity index is 340. The number of carbonyl (C=O) groups is 3. The van der Waals surface area contributed by atoms with E-state index in [-0.39, 0.29) is 12.5 Å². The van der Waals surface area contributed by atoms with Crippen LogP contribution >= 0.6 is 0 Å². The molecule has 0 aromatic carbocycles. The Balaban J connectivity index is 4.13. The fourth-order valence-electron chi connectivity index (χ4n) is 1.49. The first-order valence-electron chi connectivity index (χ1n) is 6.52. The number of unbranched alkanes of at least 4 members (excludes halogenated alkanes) is 1. The van der Waals surface area contributed by atoms with Gasteiger partial charge in [0, 0.05) is 12.5 Å². The summed E-state index contributed by atoms with van der Waals surface area (Å²) in [6, 6.07) is -0.588. The molecule has 0 aromatic rings. The maximum Gasteiger partial charge on any atom is 0.321 e. The van der Waals surface area contributed by atoms with Gasteiger partial charge in [0.15, 0.2) is 0 Å². The normalized spacial score (nSPS) is 12.6. The fourth-order valence-corrected chi connectivity index (χ4v) is 1.49. The van der Waals surface area contributed by atoms with Gasteiger partial charge in [-0.15, -0.1) is 0 Å². The fraction of sp³-hybridized carbons (Fsp3) is 0.769. The van der Waals surface area contributed by atoms with E-state index >= 15 is 0 Å². The highest BCUT2D eigenvalue weighted by atomic mass is 16.4. The number of carbonyl (C=O) groups excluding carboxylic acids is 2. The molecule has 0 rings (SSSR count). The molecule has 0 radical (unpaired) electrons. The molecule has 0 aliphatic heterocycles. The maximum atomic E-state index is 11.5. The second-order valence-corrected chi connectivity index (χ2v) is 5.43. The van der Waals surface area contributed by atoms with Crippen molar-refractivity contribution in [3.63, 3.8) is 0 Å². The number of amides is 3. The lowest BCUT2D eigenvalue weighted by atomic mass is 9.89. The van der Waals surface area contributed by atoms with Crippen molar-refractivity contribution in [2.45, 2.75) is 59.4 Å². The first kappa shape index (κ1) is 17.4. The highest BCUT2D eigenvalue weighted by molar-refractivity contribution is 5.96. The summed E-state index contributed by atoms with van der Waals surface area (Å²) in [6.45, 7) is 6.80. The molecule has 0 heterocycles. The van der Waals surface area contributed by atoms with Crippen LogP contribution in [0.5, 0.6) is 0 Å². The average molecular weight is 272 g/mol. The summed E-state index contributed by atoms with van der Waals surface area (Å²) in [5, 5.41) is 13.7. The summed E-state index contributed by atoms with van der Waals surface area (Å²) in [5.74, 6) is -1.66. The van der Waals surface area contributed by atoms with Crippen molar-refractivity contribution in [3.05, 3.63) is 0 Å².